The molecule has 1 aromatic rings. The SMILES string of the molecule is Cc1c(CNCC2CC3C=CC2C3)cnn1C. The Hall–Kier alpha value is -1.09. The molecule has 0 aliphatic heterocycles. The summed E-state index contributed by atoms with van der Waals surface area (Å²) in [4.78, 5) is 0. The van der Waals surface area contributed by atoms with Crippen LogP contribution in [-0.2, 0) is 13.6 Å². The molecule has 3 nitrogen and oxygen atoms in total. The average Bonchev–Trinajstić information content (AvgIpc) is 3.00. The molecule has 1 aromatic heterocycles. The number of rotatable bonds is 4. The van der Waals surface area contributed by atoms with E-state index in [0.717, 1.165) is 30.8 Å². The molecule has 3 atom stereocenters. The molecule has 3 rings (SSSR count). The van der Waals surface area contributed by atoms with E-state index < -0.39 is 0 Å². The minimum absolute atomic E-state index is 0.850. The van der Waals surface area contributed by atoms with Gasteiger partial charge in [0.1, 0.15) is 0 Å². The fraction of sp³-hybridized carbons (Fsp3) is 0.643. The third-order valence-electron chi connectivity index (χ3n) is 4.48. The van der Waals surface area contributed by atoms with E-state index in [2.05, 4.69) is 29.5 Å². The van der Waals surface area contributed by atoms with Crippen LogP contribution in [0.25, 0.3) is 0 Å². The van der Waals surface area contributed by atoms with Crippen LogP contribution in [0.4, 0.5) is 0 Å². The number of nitrogens with zero attached hydrogens (tertiary/aromatic N) is 2. The third kappa shape index (κ3) is 2.04. The summed E-state index contributed by atoms with van der Waals surface area (Å²) in [5.41, 5.74) is 2.59. The highest BCUT2D eigenvalue weighted by Gasteiger charge is 2.34. The van der Waals surface area contributed by atoms with E-state index in [1.807, 2.05) is 17.9 Å². The lowest BCUT2D eigenvalue weighted by atomic mass is 9.93. The molecule has 2 bridgehead atoms. The maximum absolute atomic E-state index is 4.27. The highest BCUT2D eigenvalue weighted by molar-refractivity contribution is 5.15. The van der Waals surface area contributed by atoms with Crippen molar-refractivity contribution in [1.29, 1.82) is 0 Å². The summed E-state index contributed by atoms with van der Waals surface area (Å²) in [5, 5.41) is 7.87. The number of hydrogen-bond acceptors (Lipinski definition) is 2. The van der Waals surface area contributed by atoms with Crippen molar-refractivity contribution < 1.29 is 0 Å². The first-order valence-electron chi connectivity index (χ1n) is 6.60. The molecule has 2 aliphatic carbocycles. The van der Waals surface area contributed by atoms with Gasteiger partial charge in [0.25, 0.3) is 0 Å². The van der Waals surface area contributed by atoms with E-state index in [0.29, 0.717) is 0 Å². The topological polar surface area (TPSA) is 29.9 Å². The van der Waals surface area contributed by atoms with Crippen molar-refractivity contribution in [3.63, 3.8) is 0 Å². The summed E-state index contributed by atoms with van der Waals surface area (Å²) in [7, 11) is 2.00. The van der Waals surface area contributed by atoms with E-state index in [9.17, 15) is 0 Å². The van der Waals surface area contributed by atoms with Crippen molar-refractivity contribution in [3.8, 4) is 0 Å². The Labute approximate surface area is 103 Å². The Morgan fingerprint density at radius 3 is 2.88 bits per heavy atom. The number of allylic oxidation sites excluding steroid dienone is 2. The highest BCUT2D eigenvalue weighted by atomic mass is 15.3. The summed E-state index contributed by atoms with van der Waals surface area (Å²) in [6.07, 6.45) is 9.60. The Balaban J connectivity index is 1.50. The molecular weight excluding hydrogens is 210 g/mol. The fourth-order valence-electron chi connectivity index (χ4n) is 3.24. The maximum atomic E-state index is 4.27. The largest absolute Gasteiger partial charge is 0.312 e. The molecule has 3 unspecified atom stereocenters. The fourth-order valence-corrected chi connectivity index (χ4v) is 3.24. The summed E-state index contributed by atoms with van der Waals surface area (Å²) in [6, 6.07) is 0. The van der Waals surface area contributed by atoms with Crippen molar-refractivity contribution in [2.45, 2.75) is 26.3 Å². The molecule has 3 heteroatoms. The zero-order valence-electron chi connectivity index (χ0n) is 10.7. The highest BCUT2D eigenvalue weighted by Crippen LogP contribution is 2.42. The maximum Gasteiger partial charge on any atom is 0.0537 e. The molecule has 0 radical (unpaired) electrons. The quantitative estimate of drug-likeness (QED) is 0.804. The van der Waals surface area contributed by atoms with Gasteiger partial charge in [-0.25, -0.2) is 0 Å². The van der Waals surface area contributed by atoms with Crippen molar-refractivity contribution >= 4 is 0 Å². The lowest BCUT2D eigenvalue weighted by molar-refractivity contribution is 0.414. The second-order valence-electron chi connectivity index (χ2n) is 5.55. The van der Waals surface area contributed by atoms with Crippen LogP contribution in [0, 0.1) is 24.7 Å². The van der Waals surface area contributed by atoms with Gasteiger partial charge >= 0.3 is 0 Å². The third-order valence-corrected chi connectivity index (χ3v) is 4.48. The predicted octanol–water partition coefficient (Wildman–Crippen LogP) is 2.03. The molecule has 17 heavy (non-hydrogen) atoms. The van der Waals surface area contributed by atoms with Gasteiger partial charge in [0.2, 0.25) is 0 Å². The molecule has 1 N–H and O–H groups in total. The Morgan fingerprint density at radius 1 is 1.41 bits per heavy atom. The Morgan fingerprint density at radius 2 is 2.29 bits per heavy atom. The average molecular weight is 231 g/mol. The van der Waals surface area contributed by atoms with Crippen LogP contribution < -0.4 is 5.32 Å². The van der Waals surface area contributed by atoms with Gasteiger partial charge in [-0.15, -0.1) is 0 Å². The van der Waals surface area contributed by atoms with Gasteiger partial charge in [-0.3, -0.25) is 4.68 Å². The van der Waals surface area contributed by atoms with Crippen LogP contribution in [0.5, 0.6) is 0 Å². The molecule has 1 fully saturated rings. The summed E-state index contributed by atoms with van der Waals surface area (Å²) >= 11 is 0. The first-order chi connectivity index (χ1) is 8.24. The molecule has 1 heterocycles. The molecule has 0 spiro atoms. The van der Waals surface area contributed by atoms with E-state index in [4.69, 9.17) is 0 Å². The van der Waals surface area contributed by atoms with Gasteiger partial charge in [-0.05, 0) is 44.1 Å². The van der Waals surface area contributed by atoms with Gasteiger partial charge in [-0.2, -0.15) is 5.10 Å². The molecular formula is C14H21N3. The van der Waals surface area contributed by atoms with Crippen LogP contribution in [0.3, 0.4) is 0 Å². The van der Waals surface area contributed by atoms with Crippen LogP contribution in [-0.4, -0.2) is 16.3 Å². The van der Waals surface area contributed by atoms with Crippen LogP contribution >= 0.6 is 0 Å². The monoisotopic (exact) mass is 231 g/mol. The van der Waals surface area contributed by atoms with E-state index in [1.165, 1.54) is 24.1 Å². The van der Waals surface area contributed by atoms with Crippen molar-refractivity contribution in [3.05, 3.63) is 29.6 Å². The first-order valence-corrected chi connectivity index (χ1v) is 6.60. The van der Waals surface area contributed by atoms with Crippen LogP contribution in [0.1, 0.15) is 24.1 Å². The smallest absolute Gasteiger partial charge is 0.0537 e. The van der Waals surface area contributed by atoms with E-state index in [-0.39, 0.29) is 0 Å². The normalized spacial score (nSPS) is 30.4. The second kappa shape index (κ2) is 4.30. The first kappa shape index (κ1) is 11.0. The van der Waals surface area contributed by atoms with Gasteiger partial charge in [-0.1, -0.05) is 12.2 Å². The van der Waals surface area contributed by atoms with E-state index >= 15 is 0 Å². The number of aryl methyl sites for hydroxylation is 1. The molecule has 0 saturated heterocycles. The minimum Gasteiger partial charge on any atom is -0.312 e. The standard InChI is InChI=1S/C14H21N3/c1-10-14(9-16-17(10)2)8-15-7-13-6-11-3-4-12(13)5-11/h3-4,9,11-13,15H,5-8H2,1-2H3. The number of nitrogens with one attached hydrogen (secondary N) is 1. The van der Waals surface area contributed by atoms with Crippen LogP contribution in [0.2, 0.25) is 0 Å². The lowest BCUT2D eigenvalue weighted by Gasteiger charge is -2.18. The minimum atomic E-state index is 0.850. The molecule has 2 aliphatic rings. The van der Waals surface area contributed by atoms with Crippen LogP contribution in [0.15, 0.2) is 18.3 Å². The van der Waals surface area contributed by atoms with E-state index in [1.54, 1.807) is 0 Å². The lowest BCUT2D eigenvalue weighted by Crippen LogP contribution is -2.25. The zero-order chi connectivity index (χ0) is 11.8. The van der Waals surface area contributed by atoms with Crippen molar-refractivity contribution in [2.24, 2.45) is 24.8 Å². The Bertz CT molecular complexity index is 433. The van der Waals surface area contributed by atoms with Gasteiger partial charge in [0.15, 0.2) is 0 Å². The Kier molecular flexibility index (Phi) is 2.79. The molecule has 92 valence electrons. The molecule has 0 amide bonds. The van der Waals surface area contributed by atoms with Gasteiger partial charge in [0, 0.05) is 24.8 Å². The van der Waals surface area contributed by atoms with Crippen molar-refractivity contribution in [2.75, 3.05) is 6.54 Å². The summed E-state index contributed by atoms with van der Waals surface area (Å²) < 4.78 is 1.94. The number of aromatic nitrogens is 2. The summed E-state index contributed by atoms with van der Waals surface area (Å²) in [6.45, 7) is 4.24. The number of fused-ring (bicyclic) bond motifs is 2. The second-order valence-corrected chi connectivity index (χ2v) is 5.55. The van der Waals surface area contributed by atoms with Gasteiger partial charge < -0.3 is 5.32 Å². The zero-order valence-corrected chi connectivity index (χ0v) is 10.7. The molecule has 1 saturated carbocycles. The number of hydrogen-bond donors (Lipinski definition) is 1. The molecule has 0 aromatic carbocycles. The van der Waals surface area contributed by atoms with Crippen molar-refractivity contribution in [1.82, 2.24) is 15.1 Å². The summed E-state index contributed by atoms with van der Waals surface area (Å²) in [5.74, 6) is 2.59. The predicted molar refractivity (Wildman–Crippen MR) is 68.5 cm³/mol. The van der Waals surface area contributed by atoms with Gasteiger partial charge in [0.05, 0.1) is 6.20 Å².